The Labute approximate surface area is 105 Å². The summed E-state index contributed by atoms with van der Waals surface area (Å²) in [6, 6.07) is 18.6. The molecule has 0 N–H and O–H groups in total. The van der Waals surface area contributed by atoms with Gasteiger partial charge in [-0.2, -0.15) is 0 Å². The number of carbonyl (C=O) groups is 1. The highest BCUT2D eigenvalue weighted by atomic mass is 35.5. The van der Waals surface area contributed by atoms with Crippen LogP contribution in [0.3, 0.4) is 0 Å². The number of Topliss-reactive ketones (excluding diaryl/α,β-unsaturated/α-hetero) is 1. The van der Waals surface area contributed by atoms with Crippen molar-refractivity contribution in [1.29, 1.82) is 0 Å². The van der Waals surface area contributed by atoms with Gasteiger partial charge in [0.2, 0.25) is 5.78 Å². The molecule has 0 spiro atoms. The highest BCUT2D eigenvalue weighted by Gasteiger charge is 2.08. The first-order valence-corrected chi connectivity index (χ1v) is 5.67. The Kier molecular flexibility index (Phi) is 3.73. The lowest BCUT2D eigenvalue weighted by molar-refractivity contribution is 0.104. The van der Waals surface area contributed by atoms with Gasteiger partial charge in [0.1, 0.15) is 0 Å². The molecule has 0 amide bonds. The molecule has 0 saturated carbocycles. The SMILES string of the molecule is O=C(/C(Cl)=C/c1ccccc1)c1ccccc1. The Morgan fingerprint density at radius 3 is 2.00 bits per heavy atom. The van der Waals surface area contributed by atoms with E-state index in [0.29, 0.717) is 5.56 Å². The summed E-state index contributed by atoms with van der Waals surface area (Å²) in [5.74, 6) is -0.156. The van der Waals surface area contributed by atoms with Crippen molar-refractivity contribution in [2.75, 3.05) is 0 Å². The Morgan fingerprint density at radius 1 is 0.882 bits per heavy atom. The maximum atomic E-state index is 11.9. The van der Waals surface area contributed by atoms with Crippen molar-refractivity contribution in [3.8, 4) is 0 Å². The minimum absolute atomic E-state index is 0.156. The predicted molar refractivity (Wildman–Crippen MR) is 71.0 cm³/mol. The Balaban J connectivity index is 2.24. The Morgan fingerprint density at radius 2 is 1.41 bits per heavy atom. The molecule has 2 aromatic rings. The molecule has 2 heteroatoms. The molecule has 0 aliphatic rings. The van der Waals surface area contributed by atoms with Gasteiger partial charge in [0, 0.05) is 5.56 Å². The van der Waals surface area contributed by atoms with Crippen LogP contribution in [0.1, 0.15) is 15.9 Å². The number of halogens is 1. The largest absolute Gasteiger partial charge is 0.288 e. The summed E-state index contributed by atoms with van der Waals surface area (Å²) < 4.78 is 0. The monoisotopic (exact) mass is 242 g/mol. The standard InChI is InChI=1S/C15H11ClO/c16-14(11-12-7-3-1-4-8-12)15(17)13-9-5-2-6-10-13/h1-11H/b14-11-. The molecule has 0 aliphatic carbocycles. The van der Waals surface area contributed by atoms with E-state index in [1.54, 1.807) is 18.2 Å². The normalized spacial score (nSPS) is 11.2. The molecule has 0 heterocycles. The van der Waals surface area contributed by atoms with Gasteiger partial charge >= 0.3 is 0 Å². The molecule has 1 nitrogen and oxygen atoms in total. The second-order valence-electron chi connectivity index (χ2n) is 3.60. The van der Waals surface area contributed by atoms with Gasteiger partial charge in [-0.1, -0.05) is 72.3 Å². The average Bonchev–Trinajstić information content (AvgIpc) is 2.40. The smallest absolute Gasteiger partial charge is 0.204 e. The van der Waals surface area contributed by atoms with Crippen LogP contribution in [0.15, 0.2) is 65.7 Å². The molecule has 0 saturated heterocycles. The maximum absolute atomic E-state index is 11.9. The third-order valence-corrected chi connectivity index (χ3v) is 2.63. The molecule has 0 unspecified atom stereocenters. The molecule has 0 aliphatic heterocycles. The maximum Gasteiger partial charge on any atom is 0.204 e. The molecule has 2 aromatic carbocycles. The molecule has 0 aromatic heterocycles. The fraction of sp³-hybridized carbons (Fsp3) is 0. The second kappa shape index (κ2) is 5.46. The zero-order chi connectivity index (χ0) is 12.1. The van der Waals surface area contributed by atoms with Crippen LogP contribution in [-0.2, 0) is 0 Å². The van der Waals surface area contributed by atoms with Gasteiger partial charge in [-0.25, -0.2) is 0 Å². The summed E-state index contributed by atoms with van der Waals surface area (Å²) in [5.41, 5.74) is 1.52. The van der Waals surface area contributed by atoms with Crippen molar-refractivity contribution in [2.45, 2.75) is 0 Å². The van der Waals surface area contributed by atoms with Crippen LogP contribution in [0.2, 0.25) is 0 Å². The zero-order valence-electron chi connectivity index (χ0n) is 9.14. The highest BCUT2D eigenvalue weighted by Crippen LogP contribution is 2.15. The molecule has 2 rings (SSSR count). The van der Waals surface area contributed by atoms with Crippen LogP contribution < -0.4 is 0 Å². The predicted octanol–water partition coefficient (Wildman–Crippen LogP) is 4.15. The van der Waals surface area contributed by atoms with Gasteiger partial charge < -0.3 is 0 Å². The van der Waals surface area contributed by atoms with Crippen LogP contribution in [0.4, 0.5) is 0 Å². The third-order valence-electron chi connectivity index (χ3n) is 2.35. The first-order valence-electron chi connectivity index (χ1n) is 5.29. The zero-order valence-corrected chi connectivity index (χ0v) is 9.89. The Hall–Kier alpha value is -1.86. The minimum atomic E-state index is -0.156. The summed E-state index contributed by atoms with van der Waals surface area (Å²) in [6.07, 6.45) is 1.68. The van der Waals surface area contributed by atoms with Gasteiger partial charge in [0.25, 0.3) is 0 Å². The second-order valence-corrected chi connectivity index (χ2v) is 4.01. The molecule has 0 atom stereocenters. The lowest BCUT2D eigenvalue weighted by atomic mass is 10.1. The molecule has 84 valence electrons. The van der Waals surface area contributed by atoms with Crippen molar-refractivity contribution in [3.05, 3.63) is 76.8 Å². The van der Waals surface area contributed by atoms with E-state index in [0.717, 1.165) is 5.56 Å². The average molecular weight is 243 g/mol. The van der Waals surface area contributed by atoms with Crippen molar-refractivity contribution in [1.82, 2.24) is 0 Å². The summed E-state index contributed by atoms with van der Waals surface area (Å²) in [6.45, 7) is 0. The van der Waals surface area contributed by atoms with Gasteiger partial charge in [-0.3, -0.25) is 4.79 Å². The highest BCUT2D eigenvalue weighted by molar-refractivity contribution is 6.47. The van der Waals surface area contributed by atoms with E-state index in [9.17, 15) is 4.79 Å². The number of rotatable bonds is 3. The first-order chi connectivity index (χ1) is 8.27. The van der Waals surface area contributed by atoms with Crippen molar-refractivity contribution in [2.24, 2.45) is 0 Å². The van der Waals surface area contributed by atoms with Crippen LogP contribution in [0.25, 0.3) is 6.08 Å². The van der Waals surface area contributed by atoms with E-state index >= 15 is 0 Å². The number of carbonyl (C=O) groups excluding carboxylic acids is 1. The van der Waals surface area contributed by atoms with E-state index in [-0.39, 0.29) is 10.8 Å². The van der Waals surface area contributed by atoms with Gasteiger partial charge in [-0.15, -0.1) is 0 Å². The van der Waals surface area contributed by atoms with Crippen LogP contribution >= 0.6 is 11.6 Å². The molecular weight excluding hydrogens is 232 g/mol. The van der Waals surface area contributed by atoms with Crippen molar-refractivity contribution < 1.29 is 4.79 Å². The van der Waals surface area contributed by atoms with E-state index < -0.39 is 0 Å². The summed E-state index contributed by atoms with van der Waals surface area (Å²) in [7, 11) is 0. The van der Waals surface area contributed by atoms with Gasteiger partial charge in [0.15, 0.2) is 0 Å². The minimum Gasteiger partial charge on any atom is -0.288 e. The van der Waals surface area contributed by atoms with Crippen molar-refractivity contribution >= 4 is 23.5 Å². The van der Waals surface area contributed by atoms with Crippen LogP contribution in [-0.4, -0.2) is 5.78 Å². The lowest BCUT2D eigenvalue weighted by Gasteiger charge is -1.99. The van der Waals surface area contributed by atoms with Crippen molar-refractivity contribution in [3.63, 3.8) is 0 Å². The molecule has 17 heavy (non-hydrogen) atoms. The number of benzene rings is 2. The summed E-state index contributed by atoms with van der Waals surface area (Å²) >= 11 is 6.01. The molecule has 0 radical (unpaired) electrons. The van der Waals surface area contributed by atoms with E-state index in [1.807, 2.05) is 48.5 Å². The molecular formula is C15H11ClO. The van der Waals surface area contributed by atoms with Gasteiger partial charge in [-0.05, 0) is 11.6 Å². The van der Waals surface area contributed by atoms with E-state index in [2.05, 4.69) is 0 Å². The number of ketones is 1. The van der Waals surface area contributed by atoms with E-state index in [4.69, 9.17) is 11.6 Å². The number of hydrogen-bond donors (Lipinski definition) is 0. The lowest BCUT2D eigenvalue weighted by Crippen LogP contribution is -1.98. The number of allylic oxidation sites excluding steroid dienone is 1. The summed E-state index contributed by atoms with van der Waals surface area (Å²) in [5, 5.41) is 0.224. The Bertz CT molecular complexity index is 529. The summed E-state index contributed by atoms with van der Waals surface area (Å²) in [4.78, 5) is 11.9. The van der Waals surface area contributed by atoms with Crippen LogP contribution in [0, 0.1) is 0 Å². The number of hydrogen-bond acceptors (Lipinski definition) is 1. The quantitative estimate of drug-likeness (QED) is 0.584. The fourth-order valence-corrected chi connectivity index (χ4v) is 1.72. The van der Waals surface area contributed by atoms with Crippen LogP contribution in [0.5, 0.6) is 0 Å². The molecule has 0 fully saturated rings. The topological polar surface area (TPSA) is 17.1 Å². The molecule has 0 bridgehead atoms. The fourth-order valence-electron chi connectivity index (χ4n) is 1.49. The van der Waals surface area contributed by atoms with E-state index in [1.165, 1.54) is 0 Å². The first kappa shape index (κ1) is 11.6. The van der Waals surface area contributed by atoms with Gasteiger partial charge in [0.05, 0.1) is 5.03 Å². The third kappa shape index (κ3) is 3.05.